The van der Waals surface area contributed by atoms with Gasteiger partial charge in [0.1, 0.15) is 0 Å². The van der Waals surface area contributed by atoms with Crippen molar-refractivity contribution in [3.63, 3.8) is 0 Å². The van der Waals surface area contributed by atoms with E-state index >= 15 is 0 Å². The third kappa shape index (κ3) is 7.67. The molecule has 2 aliphatic heterocycles. The van der Waals surface area contributed by atoms with E-state index in [2.05, 4.69) is 59.6 Å². The lowest BCUT2D eigenvalue weighted by molar-refractivity contribution is -0.125. The minimum absolute atomic E-state index is 0.0215. The van der Waals surface area contributed by atoms with Crippen molar-refractivity contribution in [2.75, 3.05) is 26.2 Å². The average molecular weight is 560 g/mol. The molecule has 1 saturated heterocycles. The quantitative estimate of drug-likeness (QED) is 0.341. The number of fused-ring (bicyclic) bond motifs is 1. The number of rotatable bonds is 10. The van der Waals surface area contributed by atoms with E-state index in [0.29, 0.717) is 32.6 Å². The number of benzene rings is 2. The standard InChI is InChI=1S/C33H46BN3O4/c1-8-37(9-2)31(39)17-15-25-14-16-27-18-19-36(22-28(27)20-25)23-30(38)35-29(21-26-12-10-24(3)11-13-26)34-40-32(4,5)33(6,7)41-34/h10-17,20,29H,8-9,18-19,21-23H2,1-7H3,(H,35,38). The number of nitrogens with zero attached hydrogens (tertiary/aromatic N) is 2. The number of nitrogens with one attached hydrogen (secondary N) is 1. The number of likely N-dealkylation sites (N-methyl/N-ethyl adjacent to an activating group) is 1. The maximum absolute atomic E-state index is 13.4. The minimum Gasteiger partial charge on any atom is -0.402 e. The highest BCUT2D eigenvalue weighted by Crippen LogP contribution is 2.38. The minimum atomic E-state index is -0.541. The SMILES string of the molecule is CCN(CC)C(=O)C=Cc1ccc2c(c1)CN(CC(=O)NC(Cc1ccc(C)cc1)B1OC(C)(C)C(C)(C)O1)CC2. The number of carbonyl (C=O) groups excluding carboxylic acids is 2. The van der Waals surface area contributed by atoms with E-state index in [1.165, 1.54) is 16.7 Å². The van der Waals surface area contributed by atoms with Crippen LogP contribution in [0.4, 0.5) is 0 Å². The normalized spacial score (nSPS) is 18.8. The number of hydrogen-bond acceptors (Lipinski definition) is 5. The highest BCUT2D eigenvalue weighted by molar-refractivity contribution is 6.48. The average Bonchev–Trinajstić information content (AvgIpc) is 3.15. The molecule has 1 atom stereocenters. The fraction of sp³-hybridized carbons (Fsp3) is 0.515. The van der Waals surface area contributed by atoms with E-state index in [4.69, 9.17) is 9.31 Å². The summed E-state index contributed by atoms with van der Waals surface area (Å²) in [5.74, 6) is -0.335. The smallest absolute Gasteiger partial charge is 0.402 e. The van der Waals surface area contributed by atoms with E-state index < -0.39 is 18.3 Å². The van der Waals surface area contributed by atoms with E-state index in [9.17, 15) is 9.59 Å². The first kappa shape index (κ1) is 31.0. The second kappa shape index (κ2) is 12.9. The summed E-state index contributed by atoms with van der Waals surface area (Å²) in [5.41, 5.74) is 4.85. The van der Waals surface area contributed by atoms with Gasteiger partial charge in [0.2, 0.25) is 11.8 Å². The monoisotopic (exact) mass is 559 g/mol. The van der Waals surface area contributed by atoms with Gasteiger partial charge in [-0.05, 0) is 89.6 Å². The molecule has 2 amide bonds. The third-order valence-electron chi connectivity index (χ3n) is 8.70. The molecule has 8 heteroatoms. The first-order chi connectivity index (χ1) is 19.4. The van der Waals surface area contributed by atoms with Crippen LogP contribution in [0.25, 0.3) is 6.08 Å². The summed E-state index contributed by atoms with van der Waals surface area (Å²) < 4.78 is 12.7. The van der Waals surface area contributed by atoms with Crippen LogP contribution in [0, 0.1) is 6.92 Å². The number of aryl methyl sites for hydroxylation is 1. The number of carbonyl (C=O) groups is 2. The van der Waals surface area contributed by atoms with Crippen LogP contribution >= 0.6 is 0 Å². The third-order valence-corrected chi connectivity index (χ3v) is 8.70. The van der Waals surface area contributed by atoms with Crippen LogP contribution in [0.1, 0.15) is 69.4 Å². The largest absolute Gasteiger partial charge is 0.482 e. The summed E-state index contributed by atoms with van der Waals surface area (Å²) in [6, 6.07) is 14.7. The Hall–Kier alpha value is -2.94. The van der Waals surface area contributed by atoms with Gasteiger partial charge in [-0.25, -0.2) is 0 Å². The van der Waals surface area contributed by atoms with E-state index in [1.807, 2.05) is 47.6 Å². The molecule has 0 saturated carbocycles. The van der Waals surface area contributed by atoms with Gasteiger partial charge in [0.15, 0.2) is 0 Å². The molecule has 0 radical (unpaired) electrons. The second-order valence-corrected chi connectivity index (χ2v) is 12.3. The van der Waals surface area contributed by atoms with Crippen molar-refractivity contribution in [1.82, 2.24) is 15.1 Å². The molecule has 1 fully saturated rings. The predicted molar refractivity (Wildman–Crippen MR) is 165 cm³/mol. The predicted octanol–water partition coefficient (Wildman–Crippen LogP) is 4.59. The molecule has 2 aliphatic rings. The zero-order valence-electron chi connectivity index (χ0n) is 25.8. The van der Waals surface area contributed by atoms with Crippen LogP contribution in [0.3, 0.4) is 0 Å². The van der Waals surface area contributed by atoms with Crippen LogP contribution < -0.4 is 5.32 Å². The maximum atomic E-state index is 13.4. The van der Waals surface area contributed by atoms with Crippen LogP contribution in [-0.2, 0) is 38.3 Å². The highest BCUT2D eigenvalue weighted by atomic mass is 16.7. The molecule has 0 aromatic heterocycles. The van der Waals surface area contributed by atoms with Crippen LogP contribution in [0.15, 0.2) is 48.5 Å². The molecule has 0 spiro atoms. The summed E-state index contributed by atoms with van der Waals surface area (Å²) in [7, 11) is -0.541. The van der Waals surface area contributed by atoms with Gasteiger partial charge in [-0.3, -0.25) is 14.5 Å². The molecule has 2 aromatic carbocycles. The Morgan fingerprint density at radius 1 is 1.02 bits per heavy atom. The lowest BCUT2D eigenvalue weighted by Gasteiger charge is -2.32. The van der Waals surface area contributed by atoms with E-state index in [0.717, 1.165) is 24.1 Å². The molecule has 0 aliphatic carbocycles. The van der Waals surface area contributed by atoms with Gasteiger partial charge >= 0.3 is 7.12 Å². The number of hydrogen-bond donors (Lipinski definition) is 1. The van der Waals surface area contributed by atoms with Gasteiger partial charge in [0, 0.05) is 32.3 Å². The molecule has 7 nitrogen and oxygen atoms in total. The second-order valence-electron chi connectivity index (χ2n) is 12.3. The van der Waals surface area contributed by atoms with E-state index in [1.54, 1.807) is 11.0 Å². The van der Waals surface area contributed by atoms with E-state index in [-0.39, 0.29) is 17.8 Å². The van der Waals surface area contributed by atoms with Gasteiger partial charge in [-0.2, -0.15) is 0 Å². The first-order valence-corrected chi connectivity index (χ1v) is 14.9. The van der Waals surface area contributed by atoms with Crippen molar-refractivity contribution in [3.8, 4) is 0 Å². The van der Waals surface area contributed by atoms with Crippen LogP contribution in [-0.4, -0.2) is 72.1 Å². The lowest BCUT2D eigenvalue weighted by atomic mass is 9.74. The molecule has 0 bridgehead atoms. The van der Waals surface area contributed by atoms with Crippen molar-refractivity contribution in [3.05, 3.63) is 76.4 Å². The Balaban J connectivity index is 1.42. The van der Waals surface area contributed by atoms with Gasteiger partial charge < -0.3 is 19.5 Å². The molecular weight excluding hydrogens is 513 g/mol. The van der Waals surface area contributed by atoms with Crippen LogP contribution in [0.2, 0.25) is 0 Å². The summed E-state index contributed by atoms with van der Waals surface area (Å²) in [4.78, 5) is 29.8. The zero-order valence-corrected chi connectivity index (χ0v) is 25.8. The Morgan fingerprint density at radius 2 is 1.68 bits per heavy atom. The molecule has 4 rings (SSSR count). The maximum Gasteiger partial charge on any atom is 0.482 e. The summed E-state index contributed by atoms with van der Waals surface area (Å²) in [5, 5.41) is 3.25. The van der Waals surface area contributed by atoms with Crippen LogP contribution in [0.5, 0.6) is 0 Å². The highest BCUT2D eigenvalue weighted by Gasteiger charge is 2.54. The van der Waals surface area contributed by atoms with Crippen molar-refractivity contribution in [2.45, 2.75) is 85.0 Å². The van der Waals surface area contributed by atoms with Gasteiger partial charge in [-0.15, -0.1) is 0 Å². The van der Waals surface area contributed by atoms with Gasteiger partial charge in [0.25, 0.3) is 0 Å². The number of amides is 2. The molecule has 41 heavy (non-hydrogen) atoms. The van der Waals surface area contributed by atoms with Crippen molar-refractivity contribution in [2.24, 2.45) is 0 Å². The molecule has 2 heterocycles. The Labute approximate surface area is 246 Å². The molecule has 2 aromatic rings. The Kier molecular flexibility index (Phi) is 9.78. The molecule has 220 valence electrons. The molecule has 1 N–H and O–H groups in total. The molecular formula is C33H46BN3O4. The topological polar surface area (TPSA) is 71.1 Å². The van der Waals surface area contributed by atoms with Crippen molar-refractivity contribution < 1.29 is 18.9 Å². The Bertz CT molecular complexity index is 1240. The summed E-state index contributed by atoms with van der Waals surface area (Å²) >= 11 is 0. The summed E-state index contributed by atoms with van der Waals surface area (Å²) in [6.45, 7) is 17.4. The lowest BCUT2D eigenvalue weighted by Crippen LogP contribution is -2.52. The van der Waals surface area contributed by atoms with Gasteiger partial charge in [-0.1, -0.05) is 48.0 Å². The van der Waals surface area contributed by atoms with Crippen molar-refractivity contribution in [1.29, 1.82) is 0 Å². The Morgan fingerprint density at radius 3 is 2.32 bits per heavy atom. The molecule has 1 unspecified atom stereocenters. The fourth-order valence-corrected chi connectivity index (χ4v) is 5.38. The summed E-state index contributed by atoms with van der Waals surface area (Å²) in [6.07, 6.45) is 5.03. The van der Waals surface area contributed by atoms with Gasteiger partial charge in [0.05, 0.1) is 23.7 Å². The zero-order chi connectivity index (χ0) is 29.8. The van der Waals surface area contributed by atoms with Crippen molar-refractivity contribution >= 4 is 25.0 Å². The fourth-order valence-electron chi connectivity index (χ4n) is 5.38. The first-order valence-electron chi connectivity index (χ1n) is 14.9.